The normalized spacial score (nSPS) is 12.5. The molecule has 0 N–H and O–H groups in total. The molecule has 0 bridgehead atoms. The topological polar surface area (TPSA) is 78.9 Å². The summed E-state index contributed by atoms with van der Waals surface area (Å²) in [5.74, 6) is 0.893. The Hall–Kier alpha value is -1.59. The van der Waals surface area contributed by atoms with Crippen molar-refractivity contribution in [3.05, 3.63) is 0 Å². The summed E-state index contributed by atoms with van der Waals surface area (Å²) in [5.41, 5.74) is 0. The Bertz CT molecular complexity index is 933. The lowest BCUT2D eigenvalue weighted by atomic mass is 9.99. The second-order valence-corrected chi connectivity index (χ2v) is 19.6. The van der Waals surface area contributed by atoms with Crippen molar-refractivity contribution in [2.24, 2.45) is 11.8 Å². The van der Waals surface area contributed by atoms with E-state index in [9.17, 15) is 14.4 Å². The van der Waals surface area contributed by atoms with E-state index in [1.807, 2.05) is 0 Å². The minimum atomic E-state index is -0.761. The lowest BCUT2D eigenvalue weighted by Crippen LogP contribution is -2.30. The molecule has 362 valence electrons. The van der Waals surface area contributed by atoms with E-state index >= 15 is 0 Å². The van der Waals surface area contributed by atoms with Gasteiger partial charge in [-0.1, -0.05) is 266 Å². The Balaban J connectivity index is 4.17. The summed E-state index contributed by atoms with van der Waals surface area (Å²) in [6.07, 6.45) is 49.6. The Morgan fingerprint density at radius 1 is 0.344 bits per heavy atom. The van der Waals surface area contributed by atoms with Crippen LogP contribution in [0.2, 0.25) is 0 Å². The third-order valence-electron chi connectivity index (χ3n) is 12.8. The third-order valence-corrected chi connectivity index (χ3v) is 12.8. The van der Waals surface area contributed by atoms with E-state index in [2.05, 4.69) is 34.6 Å². The van der Waals surface area contributed by atoms with Gasteiger partial charge in [-0.3, -0.25) is 14.4 Å². The van der Waals surface area contributed by atoms with E-state index in [1.54, 1.807) is 0 Å². The summed E-state index contributed by atoms with van der Waals surface area (Å²) >= 11 is 0. The minimum Gasteiger partial charge on any atom is -0.462 e. The summed E-state index contributed by atoms with van der Waals surface area (Å²) in [5, 5.41) is 0. The molecular weight excluding hydrogens is 757 g/mol. The van der Waals surface area contributed by atoms with E-state index in [0.29, 0.717) is 19.3 Å². The molecule has 0 aliphatic carbocycles. The first-order chi connectivity index (χ1) is 29.8. The number of ether oxygens (including phenoxy) is 3. The van der Waals surface area contributed by atoms with Crippen LogP contribution in [0.25, 0.3) is 0 Å². The largest absolute Gasteiger partial charge is 0.462 e. The SMILES string of the molecule is CCCCCCCCCC(=O)OC[C@@H](COC(=O)CCCCCCCCCCCCCCCCC(C)CC)OC(=O)CCCCCCCCCCCCCCCCCC(C)C. The molecule has 0 saturated heterocycles. The molecule has 1 unspecified atom stereocenters. The average Bonchev–Trinajstić information content (AvgIpc) is 3.24. The fraction of sp³-hybridized carbons (Fsp3) is 0.945. The van der Waals surface area contributed by atoms with Gasteiger partial charge in [-0.05, 0) is 31.1 Å². The maximum absolute atomic E-state index is 12.8. The maximum atomic E-state index is 12.8. The zero-order chi connectivity index (χ0) is 44.7. The first-order valence-corrected chi connectivity index (χ1v) is 27.3. The van der Waals surface area contributed by atoms with Crippen LogP contribution >= 0.6 is 0 Å². The van der Waals surface area contributed by atoms with Crippen molar-refractivity contribution >= 4 is 17.9 Å². The van der Waals surface area contributed by atoms with Crippen LogP contribution in [0, 0.1) is 11.8 Å². The van der Waals surface area contributed by atoms with E-state index in [0.717, 1.165) is 69.6 Å². The number of hydrogen-bond acceptors (Lipinski definition) is 6. The van der Waals surface area contributed by atoms with Gasteiger partial charge in [0.2, 0.25) is 0 Å². The van der Waals surface area contributed by atoms with Gasteiger partial charge in [-0.15, -0.1) is 0 Å². The van der Waals surface area contributed by atoms with Gasteiger partial charge < -0.3 is 14.2 Å². The molecule has 0 saturated carbocycles. The molecule has 0 rings (SSSR count). The van der Waals surface area contributed by atoms with Crippen LogP contribution < -0.4 is 0 Å². The van der Waals surface area contributed by atoms with Crippen molar-refractivity contribution in [2.75, 3.05) is 13.2 Å². The first kappa shape index (κ1) is 59.4. The number of hydrogen-bond donors (Lipinski definition) is 0. The molecule has 0 aromatic heterocycles. The van der Waals surface area contributed by atoms with Crippen LogP contribution in [0.3, 0.4) is 0 Å². The molecule has 6 heteroatoms. The van der Waals surface area contributed by atoms with Crippen molar-refractivity contribution in [1.29, 1.82) is 0 Å². The fourth-order valence-electron chi connectivity index (χ4n) is 8.31. The maximum Gasteiger partial charge on any atom is 0.306 e. The van der Waals surface area contributed by atoms with Crippen LogP contribution in [-0.2, 0) is 28.6 Å². The summed E-state index contributed by atoms with van der Waals surface area (Å²) in [6, 6.07) is 0. The van der Waals surface area contributed by atoms with Gasteiger partial charge in [0.15, 0.2) is 6.10 Å². The Labute approximate surface area is 380 Å². The van der Waals surface area contributed by atoms with Gasteiger partial charge in [0.05, 0.1) is 0 Å². The second kappa shape index (κ2) is 47.9. The third kappa shape index (κ3) is 47.7. The molecule has 0 heterocycles. The quantitative estimate of drug-likeness (QED) is 0.0344. The molecular formula is C55H106O6. The molecule has 0 amide bonds. The minimum absolute atomic E-state index is 0.0635. The lowest BCUT2D eigenvalue weighted by Gasteiger charge is -2.18. The van der Waals surface area contributed by atoms with Gasteiger partial charge in [-0.25, -0.2) is 0 Å². The van der Waals surface area contributed by atoms with E-state index in [-0.39, 0.29) is 31.1 Å². The standard InChI is InChI=1S/C55H106O6/c1-6-8-9-10-28-35-40-45-53(56)59-48-52(61-55(58)47-42-37-32-27-23-19-13-11-12-16-20-24-29-33-38-43-50(3)4)49-60-54(57)46-41-36-31-26-22-18-15-14-17-21-25-30-34-39-44-51(5)7-2/h50-52H,6-49H2,1-5H3/t51?,52-/m0/s1. The molecule has 0 aromatic rings. The fourth-order valence-corrected chi connectivity index (χ4v) is 8.31. The van der Waals surface area contributed by atoms with Crippen molar-refractivity contribution in [3.8, 4) is 0 Å². The number of unbranched alkanes of at least 4 members (excludes halogenated alkanes) is 33. The summed E-state index contributed by atoms with van der Waals surface area (Å²) in [4.78, 5) is 37.9. The zero-order valence-electron chi connectivity index (χ0n) is 41.8. The number of carbonyl (C=O) groups is 3. The molecule has 6 nitrogen and oxygen atoms in total. The van der Waals surface area contributed by atoms with Gasteiger partial charge >= 0.3 is 17.9 Å². The van der Waals surface area contributed by atoms with Crippen LogP contribution in [0.5, 0.6) is 0 Å². The lowest BCUT2D eigenvalue weighted by molar-refractivity contribution is -0.167. The summed E-state index contributed by atoms with van der Waals surface area (Å²) in [6.45, 7) is 11.4. The molecule has 61 heavy (non-hydrogen) atoms. The average molecular weight is 863 g/mol. The predicted octanol–water partition coefficient (Wildman–Crippen LogP) is 17.7. The number of rotatable bonds is 49. The van der Waals surface area contributed by atoms with Crippen molar-refractivity contribution < 1.29 is 28.6 Å². The molecule has 0 spiro atoms. The monoisotopic (exact) mass is 863 g/mol. The van der Waals surface area contributed by atoms with Crippen LogP contribution in [-0.4, -0.2) is 37.2 Å². The number of esters is 3. The molecule has 0 aliphatic rings. The molecule has 0 aliphatic heterocycles. The smallest absolute Gasteiger partial charge is 0.306 e. The van der Waals surface area contributed by atoms with Crippen LogP contribution in [0.15, 0.2) is 0 Å². The molecule has 0 aromatic carbocycles. The van der Waals surface area contributed by atoms with E-state index < -0.39 is 6.10 Å². The molecule has 0 radical (unpaired) electrons. The van der Waals surface area contributed by atoms with Crippen LogP contribution in [0.1, 0.15) is 304 Å². The van der Waals surface area contributed by atoms with Crippen molar-refractivity contribution in [2.45, 2.75) is 310 Å². The zero-order valence-corrected chi connectivity index (χ0v) is 41.8. The van der Waals surface area contributed by atoms with Crippen LogP contribution in [0.4, 0.5) is 0 Å². The van der Waals surface area contributed by atoms with Crippen molar-refractivity contribution in [1.82, 2.24) is 0 Å². The summed E-state index contributed by atoms with van der Waals surface area (Å²) in [7, 11) is 0. The van der Waals surface area contributed by atoms with Gasteiger partial charge in [-0.2, -0.15) is 0 Å². The van der Waals surface area contributed by atoms with Gasteiger partial charge in [0.25, 0.3) is 0 Å². The number of carbonyl (C=O) groups excluding carboxylic acids is 3. The Kier molecular flexibility index (Phi) is 46.6. The highest BCUT2D eigenvalue weighted by atomic mass is 16.6. The highest BCUT2D eigenvalue weighted by Gasteiger charge is 2.19. The van der Waals surface area contributed by atoms with Crippen molar-refractivity contribution in [3.63, 3.8) is 0 Å². The molecule has 2 atom stereocenters. The summed E-state index contributed by atoms with van der Waals surface area (Å²) < 4.78 is 16.8. The van der Waals surface area contributed by atoms with Gasteiger partial charge in [0, 0.05) is 19.3 Å². The second-order valence-electron chi connectivity index (χ2n) is 19.6. The Morgan fingerprint density at radius 2 is 0.623 bits per heavy atom. The van der Waals surface area contributed by atoms with Gasteiger partial charge in [0.1, 0.15) is 13.2 Å². The molecule has 0 fully saturated rings. The van der Waals surface area contributed by atoms with E-state index in [4.69, 9.17) is 14.2 Å². The Morgan fingerprint density at radius 3 is 0.934 bits per heavy atom. The van der Waals surface area contributed by atoms with E-state index in [1.165, 1.54) is 193 Å². The predicted molar refractivity (Wildman–Crippen MR) is 261 cm³/mol. The highest BCUT2D eigenvalue weighted by molar-refractivity contribution is 5.71. The first-order valence-electron chi connectivity index (χ1n) is 27.3. The highest BCUT2D eigenvalue weighted by Crippen LogP contribution is 2.18.